The van der Waals surface area contributed by atoms with E-state index in [9.17, 15) is 19.7 Å². The zero-order chi connectivity index (χ0) is 22.0. The standard InChI is InChI=1S/C20H14N4O6S/c1-29-14-4-2-3-12(9-14)21-19(26)23-20-22-16(10-31-20)15-8-11-7-13(24(27)28)5-6-17(11)30-18(15)25/h2-10H,1H3,(H2,21,22,23,26). The molecule has 0 unspecified atom stereocenters. The third-order valence-corrected chi connectivity index (χ3v) is 5.01. The number of non-ortho nitro benzene ring substituents is 1. The molecular weight excluding hydrogens is 424 g/mol. The summed E-state index contributed by atoms with van der Waals surface area (Å²) in [6, 6.07) is 11.8. The highest BCUT2D eigenvalue weighted by Gasteiger charge is 2.15. The number of thiazole rings is 1. The Morgan fingerprint density at radius 1 is 1.19 bits per heavy atom. The molecule has 2 heterocycles. The quantitative estimate of drug-likeness (QED) is 0.266. The molecule has 10 nitrogen and oxygen atoms in total. The Bertz CT molecular complexity index is 1360. The lowest BCUT2D eigenvalue weighted by atomic mass is 10.1. The zero-order valence-electron chi connectivity index (χ0n) is 15.9. The molecule has 0 saturated carbocycles. The molecule has 0 aliphatic rings. The van der Waals surface area contributed by atoms with Crippen LogP contribution in [0.25, 0.3) is 22.2 Å². The fourth-order valence-corrected chi connectivity index (χ4v) is 3.52. The average Bonchev–Trinajstić information content (AvgIpc) is 3.20. The molecule has 0 bridgehead atoms. The lowest BCUT2D eigenvalue weighted by Crippen LogP contribution is -2.19. The van der Waals surface area contributed by atoms with Crippen molar-refractivity contribution in [3.05, 3.63) is 74.4 Å². The Kier molecular flexibility index (Phi) is 5.33. The maximum atomic E-state index is 12.3. The highest BCUT2D eigenvalue weighted by Crippen LogP contribution is 2.27. The van der Waals surface area contributed by atoms with Gasteiger partial charge in [-0.15, -0.1) is 11.3 Å². The van der Waals surface area contributed by atoms with Crippen molar-refractivity contribution in [2.24, 2.45) is 0 Å². The second-order valence-electron chi connectivity index (χ2n) is 6.28. The highest BCUT2D eigenvalue weighted by molar-refractivity contribution is 7.14. The van der Waals surface area contributed by atoms with Crippen LogP contribution in [0.5, 0.6) is 5.75 Å². The van der Waals surface area contributed by atoms with Gasteiger partial charge in [0.2, 0.25) is 0 Å². The Labute approximate surface area is 178 Å². The summed E-state index contributed by atoms with van der Waals surface area (Å²) >= 11 is 1.12. The first-order valence-corrected chi connectivity index (χ1v) is 9.71. The van der Waals surface area contributed by atoms with Crippen LogP contribution in [0.15, 0.2) is 63.1 Å². The van der Waals surface area contributed by atoms with E-state index >= 15 is 0 Å². The SMILES string of the molecule is COc1cccc(NC(=O)Nc2nc(-c3cc4cc([N+](=O)[O-])ccc4oc3=O)cs2)c1. The summed E-state index contributed by atoms with van der Waals surface area (Å²) in [5.41, 5.74) is 0.409. The van der Waals surface area contributed by atoms with Gasteiger partial charge in [-0.2, -0.15) is 0 Å². The number of rotatable bonds is 5. The van der Waals surface area contributed by atoms with Gasteiger partial charge in [-0.05, 0) is 24.3 Å². The molecule has 2 aromatic heterocycles. The number of nitro benzene ring substituents is 1. The van der Waals surface area contributed by atoms with Crippen molar-refractivity contribution in [3.63, 3.8) is 0 Å². The first kappa shape index (κ1) is 20.0. The highest BCUT2D eigenvalue weighted by atomic mass is 32.1. The second-order valence-corrected chi connectivity index (χ2v) is 7.13. The van der Waals surface area contributed by atoms with Gasteiger partial charge in [-0.25, -0.2) is 14.6 Å². The largest absolute Gasteiger partial charge is 0.497 e. The van der Waals surface area contributed by atoms with Crippen molar-refractivity contribution in [3.8, 4) is 17.0 Å². The number of urea groups is 1. The number of ether oxygens (including phenoxy) is 1. The van der Waals surface area contributed by atoms with E-state index in [0.717, 1.165) is 11.3 Å². The van der Waals surface area contributed by atoms with Gasteiger partial charge < -0.3 is 14.5 Å². The molecule has 0 aliphatic carbocycles. The van der Waals surface area contributed by atoms with E-state index in [0.29, 0.717) is 16.8 Å². The topological polar surface area (TPSA) is 137 Å². The predicted molar refractivity (Wildman–Crippen MR) is 116 cm³/mol. The number of methoxy groups -OCH3 is 1. The maximum Gasteiger partial charge on any atom is 0.345 e. The zero-order valence-corrected chi connectivity index (χ0v) is 16.8. The van der Waals surface area contributed by atoms with Crippen LogP contribution in [0.4, 0.5) is 21.3 Å². The smallest absolute Gasteiger partial charge is 0.345 e. The van der Waals surface area contributed by atoms with Crippen LogP contribution in [0.2, 0.25) is 0 Å². The number of aromatic nitrogens is 1. The first-order valence-electron chi connectivity index (χ1n) is 8.83. The number of hydrogen-bond donors (Lipinski definition) is 2. The fourth-order valence-electron chi connectivity index (χ4n) is 2.82. The number of carbonyl (C=O) groups is 1. The number of nitrogens with zero attached hydrogens (tertiary/aromatic N) is 2. The van der Waals surface area contributed by atoms with E-state index in [-0.39, 0.29) is 27.7 Å². The molecule has 0 radical (unpaired) electrons. The molecular formula is C20H14N4O6S. The van der Waals surface area contributed by atoms with Crippen LogP contribution in [-0.2, 0) is 0 Å². The Morgan fingerprint density at radius 2 is 2.03 bits per heavy atom. The van der Waals surface area contributed by atoms with E-state index in [1.165, 1.54) is 31.4 Å². The molecule has 0 spiro atoms. The average molecular weight is 438 g/mol. The molecule has 2 aromatic carbocycles. The van der Waals surface area contributed by atoms with Crippen molar-refractivity contribution >= 4 is 44.8 Å². The minimum Gasteiger partial charge on any atom is -0.497 e. The minimum atomic E-state index is -0.640. The maximum absolute atomic E-state index is 12.3. The lowest BCUT2D eigenvalue weighted by Gasteiger charge is -2.06. The number of anilines is 2. The van der Waals surface area contributed by atoms with Crippen molar-refractivity contribution < 1.29 is 18.9 Å². The van der Waals surface area contributed by atoms with Gasteiger partial charge in [0.25, 0.3) is 5.69 Å². The van der Waals surface area contributed by atoms with Gasteiger partial charge in [0.1, 0.15) is 11.3 Å². The molecule has 2 N–H and O–H groups in total. The molecule has 31 heavy (non-hydrogen) atoms. The molecule has 0 aliphatic heterocycles. The third kappa shape index (κ3) is 4.36. The van der Waals surface area contributed by atoms with Gasteiger partial charge in [0.15, 0.2) is 5.13 Å². The number of fused-ring (bicyclic) bond motifs is 1. The second kappa shape index (κ2) is 8.24. The Morgan fingerprint density at radius 3 is 2.81 bits per heavy atom. The third-order valence-electron chi connectivity index (χ3n) is 4.25. The number of benzene rings is 2. The van der Waals surface area contributed by atoms with Crippen LogP contribution in [0.3, 0.4) is 0 Å². The van der Waals surface area contributed by atoms with Gasteiger partial charge in [0, 0.05) is 34.7 Å². The molecule has 0 fully saturated rings. The van der Waals surface area contributed by atoms with E-state index in [2.05, 4.69) is 15.6 Å². The summed E-state index contributed by atoms with van der Waals surface area (Å²) in [7, 11) is 1.53. The molecule has 156 valence electrons. The normalized spacial score (nSPS) is 10.6. The summed E-state index contributed by atoms with van der Waals surface area (Å²) in [4.78, 5) is 39.3. The van der Waals surface area contributed by atoms with Crippen LogP contribution in [0.1, 0.15) is 0 Å². The van der Waals surface area contributed by atoms with E-state index < -0.39 is 16.6 Å². The van der Waals surface area contributed by atoms with Crippen molar-refractivity contribution in [1.82, 2.24) is 4.98 Å². The summed E-state index contributed by atoms with van der Waals surface area (Å²) in [6.07, 6.45) is 0. The number of carbonyl (C=O) groups excluding carboxylic acids is 1. The molecule has 4 aromatic rings. The number of nitrogens with one attached hydrogen (secondary N) is 2. The van der Waals surface area contributed by atoms with Crippen molar-refractivity contribution in [2.75, 3.05) is 17.7 Å². The van der Waals surface area contributed by atoms with Gasteiger partial charge >= 0.3 is 11.7 Å². The van der Waals surface area contributed by atoms with Crippen LogP contribution in [0, 0.1) is 10.1 Å². The van der Waals surface area contributed by atoms with Crippen LogP contribution >= 0.6 is 11.3 Å². The van der Waals surface area contributed by atoms with Crippen LogP contribution in [-0.4, -0.2) is 23.0 Å². The lowest BCUT2D eigenvalue weighted by molar-refractivity contribution is -0.384. The van der Waals surface area contributed by atoms with E-state index in [1.54, 1.807) is 29.6 Å². The fraction of sp³-hybridized carbons (Fsp3) is 0.0500. The Balaban J connectivity index is 1.55. The van der Waals surface area contributed by atoms with Crippen molar-refractivity contribution in [2.45, 2.75) is 0 Å². The van der Waals surface area contributed by atoms with Gasteiger partial charge in [-0.3, -0.25) is 15.4 Å². The van der Waals surface area contributed by atoms with E-state index in [1.807, 2.05) is 0 Å². The number of nitro groups is 1. The number of hydrogen-bond acceptors (Lipinski definition) is 8. The first-order chi connectivity index (χ1) is 14.9. The monoisotopic (exact) mass is 438 g/mol. The Hall–Kier alpha value is -4.25. The molecule has 2 amide bonds. The summed E-state index contributed by atoms with van der Waals surface area (Å²) in [5, 5.41) is 18.5. The van der Waals surface area contributed by atoms with E-state index in [4.69, 9.17) is 9.15 Å². The summed E-state index contributed by atoms with van der Waals surface area (Å²) < 4.78 is 10.4. The molecule has 11 heteroatoms. The van der Waals surface area contributed by atoms with Gasteiger partial charge in [0.05, 0.1) is 23.3 Å². The minimum absolute atomic E-state index is 0.123. The molecule has 4 rings (SSSR count). The van der Waals surface area contributed by atoms with Crippen LogP contribution < -0.4 is 21.0 Å². The summed E-state index contributed by atoms with van der Waals surface area (Å²) in [5.74, 6) is 0.595. The van der Waals surface area contributed by atoms with Crippen molar-refractivity contribution in [1.29, 1.82) is 0 Å². The molecule has 0 saturated heterocycles. The molecule has 0 atom stereocenters. The predicted octanol–water partition coefficient (Wildman–Crippen LogP) is 4.48. The van der Waals surface area contributed by atoms with Gasteiger partial charge in [-0.1, -0.05) is 6.07 Å². The number of amides is 2. The summed E-state index contributed by atoms with van der Waals surface area (Å²) in [6.45, 7) is 0.